The van der Waals surface area contributed by atoms with Crippen molar-refractivity contribution in [1.82, 2.24) is 9.88 Å². The topological polar surface area (TPSA) is 40.5 Å². The van der Waals surface area contributed by atoms with E-state index in [1.54, 1.807) is 12.4 Å². The van der Waals surface area contributed by atoms with Crippen LogP contribution in [0.4, 0.5) is 11.4 Å². The SMILES string of the molecule is CN(C)C(=Nc1cccnc1)Nc1ccccc1. The zero-order valence-corrected chi connectivity index (χ0v) is 10.5. The molecule has 0 radical (unpaired) electrons. The molecule has 0 aliphatic heterocycles. The maximum Gasteiger partial charge on any atom is 0.203 e. The van der Waals surface area contributed by atoms with Crippen LogP contribution in [0, 0.1) is 0 Å². The lowest BCUT2D eigenvalue weighted by Crippen LogP contribution is -2.29. The van der Waals surface area contributed by atoms with Crippen molar-refractivity contribution >= 4 is 17.3 Å². The molecular formula is C14H16N4. The Morgan fingerprint density at radius 2 is 1.89 bits per heavy atom. The molecule has 0 unspecified atom stereocenters. The summed E-state index contributed by atoms with van der Waals surface area (Å²) in [6, 6.07) is 13.8. The molecule has 0 aliphatic rings. The highest BCUT2D eigenvalue weighted by atomic mass is 15.3. The fraction of sp³-hybridized carbons (Fsp3) is 0.143. The van der Waals surface area contributed by atoms with Crippen molar-refractivity contribution in [3.8, 4) is 0 Å². The van der Waals surface area contributed by atoms with Crippen LogP contribution in [-0.2, 0) is 0 Å². The maximum atomic E-state index is 4.52. The second-order valence-corrected chi connectivity index (χ2v) is 4.03. The van der Waals surface area contributed by atoms with Crippen LogP contribution in [-0.4, -0.2) is 29.9 Å². The lowest BCUT2D eigenvalue weighted by atomic mass is 10.3. The van der Waals surface area contributed by atoms with Crippen molar-refractivity contribution in [3.05, 3.63) is 54.9 Å². The van der Waals surface area contributed by atoms with Gasteiger partial charge in [0, 0.05) is 26.0 Å². The van der Waals surface area contributed by atoms with Crippen molar-refractivity contribution in [1.29, 1.82) is 0 Å². The molecule has 18 heavy (non-hydrogen) atoms. The van der Waals surface area contributed by atoms with Gasteiger partial charge in [0.2, 0.25) is 5.96 Å². The molecule has 0 amide bonds. The van der Waals surface area contributed by atoms with Crippen LogP contribution in [0.25, 0.3) is 0 Å². The number of anilines is 1. The molecule has 1 N–H and O–H groups in total. The minimum Gasteiger partial charge on any atom is -0.349 e. The first-order valence-electron chi connectivity index (χ1n) is 5.74. The average molecular weight is 240 g/mol. The van der Waals surface area contributed by atoms with E-state index in [1.807, 2.05) is 61.5 Å². The van der Waals surface area contributed by atoms with E-state index in [2.05, 4.69) is 15.3 Å². The van der Waals surface area contributed by atoms with Crippen LogP contribution < -0.4 is 5.32 Å². The number of guanidine groups is 1. The molecule has 0 bridgehead atoms. The molecular weight excluding hydrogens is 224 g/mol. The summed E-state index contributed by atoms with van der Waals surface area (Å²) < 4.78 is 0. The summed E-state index contributed by atoms with van der Waals surface area (Å²) in [6.45, 7) is 0. The Hall–Kier alpha value is -2.36. The summed E-state index contributed by atoms with van der Waals surface area (Å²) in [6.07, 6.45) is 3.47. The van der Waals surface area contributed by atoms with Crippen LogP contribution in [0.3, 0.4) is 0 Å². The number of para-hydroxylation sites is 1. The van der Waals surface area contributed by atoms with Gasteiger partial charge in [-0.2, -0.15) is 0 Å². The monoisotopic (exact) mass is 240 g/mol. The molecule has 92 valence electrons. The Kier molecular flexibility index (Phi) is 3.91. The van der Waals surface area contributed by atoms with Gasteiger partial charge in [-0.05, 0) is 24.3 Å². The Morgan fingerprint density at radius 3 is 2.50 bits per heavy atom. The van der Waals surface area contributed by atoms with Crippen molar-refractivity contribution < 1.29 is 0 Å². The number of pyridine rings is 1. The molecule has 1 heterocycles. The number of nitrogens with one attached hydrogen (secondary N) is 1. The summed E-state index contributed by atoms with van der Waals surface area (Å²) in [5, 5.41) is 3.28. The third-order valence-electron chi connectivity index (χ3n) is 2.33. The number of hydrogen-bond donors (Lipinski definition) is 1. The van der Waals surface area contributed by atoms with Crippen molar-refractivity contribution in [3.63, 3.8) is 0 Å². The first-order valence-corrected chi connectivity index (χ1v) is 5.74. The number of aliphatic imine (C=N–C) groups is 1. The van der Waals surface area contributed by atoms with Gasteiger partial charge in [-0.25, -0.2) is 4.99 Å². The third-order valence-corrected chi connectivity index (χ3v) is 2.33. The van der Waals surface area contributed by atoms with Gasteiger partial charge in [0.25, 0.3) is 0 Å². The molecule has 4 nitrogen and oxygen atoms in total. The molecule has 0 spiro atoms. The minimum absolute atomic E-state index is 0.772. The van der Waals surface area contributed by atoms with E-state index >= 15 is 0 Å². The number of aromatic nitrogens is 1. The molecule has 0 saturated carbocycles. The molecule has 0 saturated heterocycles. The summed E-state index contributed by atoms with van der Waals surface area (Å²) in [7, 11) is 3.90. The fourth-order valence-corrected chi connectivity index (χ4v) is 1.43. The molecule has 4 heteroatoms. The lowest BCUT2D eigenvalue weighted by Gasteiger charge is -2.17. The van der Waals surface area contributed by atoms with E-state index in [9.17, 15) is 0 Å². The van der Waals surface area contributed by atoms with Gasteiger partial charge in [0.1, 0.15) is 0 Å². The third kappa shape index (κ3) is 3.31. The van der Waals surface area contributed by atoms with E-state index in [-0.39, 0.29) is 0 Å². The largest absolute Gasteiger partial charge is 0.349 e. The molecule has 2 rings (SSSR count). The average Bonchev–Trinajstić information content (AvgIpc) is 2.40. The van der Waals surface area contributed by atoms with Gasteiger partial charge in [-0.3, -0.25) is 4.98 Å². The quantitative estimate of drug-likeness (QED) is 0.648. The second-order valence-electron chi connectivity index (χ2n) is 4.03. The Labute approximate surface area is 107 Å². The van der Waals surface area contributed by atoms with Crippen LogP contribution >= 0.6 is 0 Å². The minimum atomic E-state index is 0.772. The normalized spacial score (nSPS) is 11.1. The van der Waals surface area contributed by atoms with E-state index < -0.39 is 0 Å². The van der Waals surface area contributed by atoms with Gasteiger partial charge in [-0.15, -0.1) is 0 Å². The number of nitrogens with zero attached hydrogens (tertiary/aromatic N) is 3. The molecule has 0 atom stereocenters. The van der Waals surface area contributed by atoms with Crippen molar-refractivity contribution in [2.45, 2.75) is 0 Å². The summed E-state index contributed by atoms with van der Waals surface area (Å²) >= 11 is 0. The van der Waals surface area contributed by atoms with Crippen LogP contribution in [0.2, 0.25) is 0 Å². The van der Waals surface area contributed by atoms with Gasteiger partial charge < -0.3 is 10.2 Å². The van der Waals surface area contributed by atoms with Gasteiger partial charge in [0.05, 0.1) is 11.9 Å². The maximum absolute atomic E-state index is 4.52. The Morgan fingerprint density at radius 1 is 1.11 bits per heavy atom. The Balaban J connectivity index is 2.22. The number of benzene rings is 1. The van der Waals surface area contributed by atoms with E-state index in [0.717, 1.165) is 17.3 Å². The summed E-state index contributed by atoms with van der Waals surface area (Å²) in [5.41, 5.74) is 1.83. The lowest BCUT2D eigenvalue weighted by molar-refractivity contribution is 0.621. The zero-order chi connectivity index (χ0) is 12.8. The van der Waals surface area contributed by atoms with Crippen LogP contribution in [0.15, 0.2) is 59.9 Å². The molecule has 1 aromatic carbocycles. The fourth-order valence-electron chi connectivity index (χ4n) is 1.43. The zero-order valence-electron chi connectivity index (χ0n) is 10.5. The van der Waals surface area contributed by atoms with Crippen molar-refractivity contribution in [2.75, 3.05) is 19.4 Å². The standard InChI is InChI=1S/C14H16N4/c1-18(2)14(16-12-7-4-3-5-8-12)17-13-9-6-10-15-11-13/h3-11H,1-2H3,(H,16,17). The molecule has 0 aliphatic carbocycles. The highest BCUT2D eigenvalue weighted by molar-refractivity contribution is 5.94. The predicted molar refractivity (Wildman–Crippen MR) is 75.1 cm³/mol. The highest BCUT2D eigenvalue weighted by Gasteiger charge is 2.02. The van der Waals surface area contributed by atoms with Gasteiger partial charge in [-0.1, -0.05) is 18.2 Å². The molecule has 0 fully saturated rings. The van der Waals surface area contributed by atoms with Crippen LogP contribution in [0.1, 0.15) is 0 Å². The first-order chi connectivity index (χ1) is 8.75. The van der Waals surface area contributed by atoms with E-state index in [4.69, 9.17) is 0 Å². The second kappa shape index (κ2) is 5.82. The molecule has 1 aromatic heterocycles. The highest BCUT2D eigenvalue weighted by Crippen LogP contribution is 2.11. The first kappa shape index (κ1) is 12.1. The summed E-state index contributed by atoms with van der Waals surface area (Å²) in [5.74, 6) is 0.772. The van der Waals surface area contributed by atoms with Crippen molar-refractivity contribution in [2.24, 2.45) is 4.99 Å². The predicted octanol–water partition coefficient (Wildman–Crippen LogP) is 2.74. The smallest absolute Gasteiger partial charge is 0.203 e. The van der Waals surface area contributed by atoms with E-state index in [1.165, 1.54) is 0 Å². The Bertz CT molecular complexity index is 506. The van der Waals surface area contributed by atoms with Crippen LogP contribution in [0.5, 0.6) is 0 Å². The number of hydrogen-bond acceptors (Lipinski definition) is 2. The summed E-state index contributed by atoms with van der Waals surface area (Å²) in [4.78, 5) is 10.5. The van der Waals surface area contributed by atoms with E-state index in [0.29, 0.717) is 0 Å². The molecule has 2 aromatic rings. The number of rotatable bonds is 2. The van der Waals surface area contributed by atoms with Gasteiger partial charge >= 0.3 is 0 Å². The van der Waals surface area contributed by atoms with Gasteiger partial charge in [0.15, 0.2) is 0 Å².